The minimum atomic E-state index is -3.65. The van der Waals surface area contributed by atoms with Crippen LogP contribution in [0.3, 0.4) is 0 Å². The number of aliphatic carboxylic acids is 1. The van der Waals surface area contributed by atoms with Crippen LogP contribution in [-0.4, -0.2) is 69.6 Å². The van der Waals surface area contributed by atoms with E-state index in [4.69, 9.17) is 14.6 Å². The number of sulfonamides is 1. The van der Waals surface area contributed by atoms with Gasteiger partial charge in [0.25, 0.3) is 0 Å². The van der Waals surface area contributed by atoms with Crippen LogP contribution in [0.15, 0.2) is 0 Å². The minimum absolute atomic E-state index is 0.213. The summed E-state index contributed by atoms with van der Waals surface area (Å²) in [5.41, 5.74) is 0. The summed E-state index contributed by atoms with van der Waals surface area (Å²) in [4.78, 5) is 11.2. The number of ether oxygens (including phenoxy) is 2. The molecule has 0 aromatic carbocycles. The van der Waals surface area contributed by atoms with E-state index in [-0.39, 0.29) is 26.3 Å². The molecule has 1 rings (SSSR count). The Balaban J connectivity index is 2.87. The SMILES string of the molecule is COCCN(CCOC)S(=O)(=O)C1CCCC1C(=O)O. The number of carbonyl (C=O) groups is 1. The third kappa shape index (κ3) is 4.15. The number of hydrogen-bond acceptors (Lipinski definition) is 5. The van der Waals surface area contributed by atoms with Crippen LogP contribution in [0.5, 0.6) is 0 Å². The smallest absolute Gasteiger partial charge is 0.307 e. The third-order valence-electron chi connectivity index (χ3n) is 3.60. The lowest BCUT2D eigenvalue weighted by molar-refractivity contribution is -0.141. The molecule has 0 saturated heterocycles. The summed E-state index contributed by atoms with van der Waals surface area (Å²) in [6.45, 7) is 0.969. The van der Waals surface area contributed by atoms with E-state index in [1.807, 2.05) is 0 Å². The fourth-order valence-corrected chi connectivity index (χ4v) is 4.68. The molecule has 118 valence electrons. The quantitative estimate of drug-likeness (QED) is 0.652. The van der Waals surface area contributed by atoms with Crippen molar-refractivity contribution < 1.29 is 27.8 Å². The van der Waals surface area contributed by atoms with Crippen LogP contribution in [0.1, 0.15) is 19.3 Å². The summed E-state index contributed by atoms with van der Waals surface area (Å²) in [6.07, 6.45) is 1.45. The number of methoxy groups -OCH3 is 2. The van der Waals surface area contributed by atoms with Gasteiger partial charge in [0.05, 0.1) is 24.4 Å². The van der Waals surface area contributed by atoms with Gasteiger partial charge in [0.15, 0.2) is 0 Å². The Morgan fingerprint density at radius 1 is 1.20 bits per heavy atom. The molecule has 2 unspecified atom stereocenters. The molecule has 0 aromatic rings. The van der Waals surface area contributed by atoms with Crippen molar-refractivity contribution in [3.05, 3.63) is 0 Å². The fraction of sp³-hybridized carbons (Fsp3) is 0.917. The lowest BCUT2D eigenvalue weighted by Crippen LogP contribution is -2.44. The van der Waals surface area contributed by atoms with Crippen molar-refractivity contribution >= 4 is 16.0 Å². The molecule has 0 spiro atoms. The Hall–Kier alpha value is -0.700. The molecule has 0 aromatic heterocycles. The zero-order valence-electron chi connectivity index (χ0n) is 11.9. The van der Waals surface area contributed by atoms with Gasteiger partial charge in [0.1, 0.15) is 0 Å². The van der Waals surface area contributed by atoms with Crippen LogP contribution in [-0.2, 0) is 24.3 Å². The highest BCUT2D eigenvalue weighted by Crippen LogP contribution is 2.33. The van der Waals surface area contributed by atoms with Crippen molar-refractivity contribution in [1.29, 1.82) is 0 Å². The molecule has 0 radical (unpaired) electrons. The maximum Gasteiger partial charge on any atom is 0.307 e. The maximum atomic E-state index is 12.6. The van der Waals surface area contributed by atoms with Gasteiger partial charge < -0.3 is 14.6 Å². The molecular formula is C12H23NO6S. The second kappa shape index (κ2) is 7.92. The molecule has 7 nitrogen and oxygen atoms in total. The summed E-state index contributed by atoms with van der Waals surface area (Å²) >= 11 is 0. The Morgan fingerprint density at radius 2 is 1.75 bits per heavy atom. The first-order valence-electron chi connectivity index (χ1n) is 6.64. The van der Waals surface area contributed by atoms with Crippen molar-refractivity contribution in [2.24, 2.45) is 5.92 Å². The van der Waals surface area contributed by atoms with E-state index in [1.54, 1.807) is 0 Å². The van der Waals surface area contributed by atoms with Crippen LogP contribution in [0.25, 0.3) is 0 Å². The van der Waals surface area contributed by atoms with Crippen molar-refractivity contribution in [1.82, 2.24) is 4.31 Å². The minimum Gasteiger partial charge on any atom is -0.481 e. The first-order chi connectivity index (χ1) is 9.45. The number of nitrogens with zero attached hydrogens (tertiary/aromatic N) is 1. The van der Waals surface area contributed by atoms with E-state index >= 15 is 0 Å². The maximum absolute atomic E-state index is 12.6. The highest BCUT2D eigenvalue weighted by atomic mass is 32.2. The summed E-state index contributed by atoms with van der Waals surface area (Å²) < 4.78 is 36.3. The fourth-order valence-electron chi connectivity index (χ4n) is 2.51. The molecule has 1 aliphatic rings. The predicted molar refractivity (Wildman–Crippen MR) is 73.0 cm³/mol. The standard InChI is InChI=1S/C12H23NO6S/c1-18-8-6-13(7-9-19-2)20(16,17)11-5-3-4-10(11)12(14)15/h10-11H,3-9H2,1-2H3,(H,14,15). The van der Waals surface area contributed by atoms with Crippen molar-refractivity contribution in [2.75, 3.05) is 40.5 Å². The van der Waals surface area contributed by atoms with Crippen molar-refractivity contribution in [3.63, 3.8) is 0 Å². The summed E-state index contributed by atoms with van der Waals surface area (Å²) in [5, 5.41) is 8.31. The molecule has 8 heteroatoms. The Morgan fingerprint density at radius 3 is 2.20 bits per heavy atom. The number of carboxylic acids is 1. The van der Waals surface area contributed by atoms with Gasteiger partial charge >= 0.3 is 5.97 Å². The highest BCUT2D eigenvalue weighted by molar-refractivity contribution is 7.89. The summed E-state index contributed by atoms with van der Waals surface area (Å²) in [7, 11) is -0.653. The molecule has 1 saturated carbocycles. The second-order valence-corrected chi connectivity index (χ2v) is 7.00. The molecule has 20 heavy (non-hydrogen) atoms. The van der Waals surface area contributed by atoms with Crippen LogP contribution in [0.4, 0.5) is 0 Å². The number of carboxylic acid groups (broad SMARTS) is 1. The van der Waals surface area contributed by atoms with Gasteiger partial charge in [-0.25, -0.2) is 8.42 Å². The zero-order chi connectivity index (χ0) is 15.2. The van der Waals surface area contributed by atoms with E-state index in [2.05, 4.69) is 0 Å². The Bertz CT molecular complexity index is 402. The molecule has 1 fully saturated rings. The highest BCUT2D eigenvalue weighted by Gasteiger charge is 2.44. The summed E-state index contributed by atoms with van der Waals surface area (Å²) in [5.74, 6) is -1.85. The van der Waals surface area contributed by atoms with Gasteiger partial charge in [-0.05, 0) is 12.8 Å². The monoisotopic (exact) mass is 309 g/mol. The Labute approximate surface area is 119 Å². The molecular weight excluding hydrogens is 286 g/mol. The van der Waals surface area contributed by atoms with Gasteiger partial charge in [-0.1, -0.05) is 6.42 Å². The van der Waals surface area contributed by atoms with Gasteiger partial charge in [-0.2, -0.15) is 4.31 Å². The first kappa shape index (κ1) is 17.4. The third-order valence-corrected chi connectivity index (χ3v) is 6.02. The lowest BCUT2D eigenvalue weighted by atomic mass is 10.1. The van der Waals surface area contributed by atoms with Gasteiger partial charge in [-0.15, -0.1) is 0 Å². The number of rotatable bonds is 9. The molecule has 1 N–H and O–H groups in total. The average molecular weight is 309 g/mol. The molecule has 0 aliphatic heterocycles. The van der Waals surface area contributed by atoms with Crippen LogP contribution in [0.2, 0.25) is 0 Å². The second-order valence-electron chi connectivity index (χ2n) is 4.84. The predicted octanol–water partition coefficient (Wildman–Crippen LogP) is 0.164. The average Bonchev–Trinajstić information content (AvgIpc) is 2.88. The van der Waals surface area contributed by atoms with Crippen LogP contribution in [0, 0.1) is 5.92 Å². The summed E-state index contributed by atoms with van der Waals surface area (Å²) in [6, 6.07) is 0. The molecule has 0 bridgehead atoms. The van der Waals surface area contributed by atoms with Gasteiger partial charge in [-0.3, -0.25) is 4.79 Å². The van der Waals surface area contributed by atoms with Crippen molar-refractivity contribution in [2.45, 2.75) is 24.5 Å². The van der Waals surface area contributed by atoms with E-state index in [9.17, 15) is 13.2 Å². The largest absolute Gasteiger partial charge is 0.481 e. The van der Waals surface area contributed by atoms with E-state index in [0.717, 1.165) is 0 Å². The van der Waals surface area contributed by atoms with Gasteiger partial charge in [0.2, 0.25) is 10.0 Å². The molecule has 2 atom stereocenters. The zero-order valence-corrected chi connectivity index (χ0v) is 12.8. The number of hydrogen-bond donors (Lipinski definition) is 1. The van der Waals surface area contributed by atoms with Gasteiger partial charge in [0, 0.05) is 27.3 Å². The molecule has 0 heterocycles. The normalized spacial score (nSPS) is 23.4. The molecule has 0 amide bonds. The lowest BCUT2D eigenvalue weighted by Gasteiger charge is -2.27. The first-order valence-corrected chi connectivity index (χ1v) is 8.15. The van der Waals surface area contributed by atoms with E-state index in [0.29, 0.717) is 19.3 Å². The topological polar surface area (TPSA) is 93.1 Å². The van der Waals surface area contributed by atoms with Crippen molar-refractivity contribution in [3.8, 4) is 0 Å². The van der Waals surface area contributed by atoms with Crippen LogP contribution >= 0.6 is 0 Å². The molecule has 1 aliphatic carbocycles. The Kier molecular flexibility index (Phi) is 6.87. The van der Waals surface area contributed by atoms with E-state index < -0.39 is 27.2 Å². The van der Waals surface area contributed by atoms with Crippen LogP contribution < -0.4 is 0 Å². The van der Waals surface area contributed by atoms with E-state index in [1.165, 1.54) is 18.5 Å².